The summed E-state index contributed by atoms with van der Waals surface area (Å²) in [5.41, 5.74) is 4.87. The molecule has 0 radical (unpaired) electrons. The maximum absolute atomic E-state index is 10.4. The minimum Gasteiger partial charge on any atom is -0.391 e. The molecule has 0 spiro atoms. The Labute approximate surface area is 123 Å². The van der Waals surface area contributed by atoms with Crippen LogP contribution in [0, 0.1) is 0 Å². The molecule has 108 valence electrons. The molecule has 2 aliphatic rings. The van der Waals surface area contributed by atoms with Crippen LogP contribution in [0.4, 0.5) is 0 Å². The molecule has 1 fully saturated rings. The molecule has 1 unspecified atom stereocenters. The van der Waals surface area contributed by atoms with Crippen molar-refractivity contribution >= 4 is 0 Å². The second-order valence-electron chi connectivity index (χ2n) is 6.03. The molecule has 0 saturated carbocycles. The lowest BCUT2D eigenvalue weighted by Gasteiger charge is -2.21. The van der Waals surface area contributed by atoms with Crippen LogP contribution in [0.15, 0.2) is 48.5 Å². The van der Waals surface area contributed by atoms with Crippen molar-refractivity contribution in [3.05, 3.63) is 70.8 Å². The number of fused-ring (bicyclic) bond motifs is 5. The highest BCUT2D eigenvalue weighted by Crippen LogP contribution is 2.51. The molecule has 1 aliphatic carbocycles. The topological polar surface area (TPSA) is 49.7 Å². The molecule has 3 heteroatoms. The van der Waals surface area contributed by atoms with Crippen molar-refractivity contribution in [2.75, 3.05) is 6.61 Å². The smallest absolute Gasteiger partial charge is 0.190 e. The monoisotopic (exact) mass is 282 g/mol. The van der Waals surface area contributed by atoms with Crippen LogP contribution in [0.3, 0.4) is 0 Å². The standard InChI is InChI=1S/C18H18O3/c19-11-18(20)10-16-14-7-3-1-5-12(14)9-13-6-2-4-8-15(13)17(16)21-18/h1-8,16-17,19-20H,9-11H2/t16-,17-,18?/m1/s1. The summed E-state index contributed by atoms with van der Waals surface area (Å²) in [7, 11) is 0. The fraction of sp³-hybridized carbons (Fsp3) is 0.333. The predicted molar refractivity (Wildman–Crippen MR) is 78.9 cm³/mol. The number of aliphatic hydroxyl groups excluding tert-OH is 1. The Morgan fingerprint density at radius 3 is 2.33 bits per heavy atom. The molecule has 1 aliphatic heterocycles. The molecule has 1 heterocycles. The molecule has 0 bridgehead atoms. The van der Waals surface area contributed by atoms with Crippen LogP contribution in [0.2, 0.25) is 0 Å². The third-order valence-corrected chi connectivity index (χ3v) is 4.69. The first-order chi connectivity index (χ1) is 10.2. The third-order valence-electron chi connectivity index (χ3n) is 4.69. The summed E-state index contributed by atoms with van der Waals surface area (Å²) in [4.78, 5) is 0. The fourth-order valence-electron chi connectivity index (χ4n) is 3.71. The minimum atomic E-state index is -1.44. The predicted octanol–water partition coefficient (Wildman–Crippen LogP) is 2.52. The van der Waals surface area contributed by atoms with Crippen molar-refractivity contribution in [3.8, 4) is 0 Å². The van der Waals surface area contributed by atoms with Crippen molar-refractivity contribution in [1.29, 1.82) is 0 Å². The molecule has 4 rings (SSSR count). The van der Waals surface area contributed by atoms with Gasteiger partial charge < -0.3 is 14.9 Å². The summed E-state index contributed by atoms with van der Waals surface area (Å²) >= 11 is 0. The summed E-state index contributed by atoms with van der Waals surface area (Å²) in [6.07, 6.45) is 1.13. The van der Waals surface area contributed by atoms with Gasteiger partial charge in [0, 0.05) is 12.3 Å². The summed E-state index contributed by atoms with van der Waals surface area (Å²) < 4.78 is 5.87. The molecule has 0 aromatic heterocycles. The van der Waals surface area contributed by atoms with Crippen LogP contribution in [-0.4, -0.2) is 22.6 Å². The molecular weight excluding hydrogens is 264 g/mol. The summed E-state index contributed by atoms with van der Waals surface area (Å²) in [5.74, 6) is -1.35. The SMILES string of the molecule is OCC1(O)C[C@@H]2c3ccccc3Cc3ccccc3[C@H]2O1. The number of rotatable bonds is 1. The zero-order valence-electron chi connectivity index (χ0n) is 11.7. The molecule has 1 saturated heterocycles. The zero-order valence-corrected chi connectivity index (χ0v) is 11.7. The van der Waals surface area contributed by atoms with E-state index in [-0.39, 0.29) is 18.6 Å². The number of hydrogen-bond donors (Lipinski definition) is 2. The van der Waals surface area contributed by atoms with E-state index < -0.39 is 5.79 Å². The van der Waals surface area contributed by atoms with Gasteiger partial charge in [-0.3, -0.25) is 0 Å². The Hall–Kier alpha value is -1.68. The average Bonchev–Trinajstić information content (AvgIpc) is 2.81. The lowest BCUT2D eigenvalue weighted by Crippen LogP contribution is -2.32. The van der Waals surface area contributed by atoms with Crippen molar-refractivity contribution in [2.24, 2.45) is 0 Å². The maximum Gasteiger partial charge on any atom is 0.190 e. The van der Waals surface area contributed by atoms with E-state index in [9.17, 15) is 10.2 Å². The first kappa shape index (κ1) is 13.0. The van der Waals surface area contributed by atoms with Crippen LogP contribution in [-0.2, 0) is 11.2 Å². The average molecular weight is 282 g/mol. The van der Waals surface area contributed by atoms with E-state index in [1.807, 2.05) is 18.2 Å². The van der Waals surface area contributed by atoms with Gasteiger partial charge in [-0.25, -0.2) is 0 Å². The number of aliphatic hydroxyl groups is 2. The lowest BCUT2D eigenvalue weighted by atomic mass is 9.87. The van der Waals surface area contributed by atoms with E-state index in [2.05, 4.69) is 30.3 Å². The van der Waals surface area contributed by atoms with E-state index in [4.69, 9.17) is 4.74 Å². The Morgan fingerprint density at radius 1 is 1.00 bits per heavy atom. The lowest BCUT2D eigenvalue weighted by molar-refractivity contribution is -0.214. The molecular formula is C18H18O3. The highest BCUT2D eigenvalue weighted by atomic mass is 16.6. The fourth-order valence-corrected chi connectivity index (χ4v) is 3.71. The normalized spacial score (nSPS) is 30.2. The zero-order chi connectivity index (χ0) is 14.4. The van der Waals surface area contributed by atoms with Crippen LogP contribution >= 0.6 is 0 Å². The van der Waals surface area contributed by atoms with Crippen LogP contribution in [0.25, 0.3) is 0 Å². The molecule has 3 atom stereocenters. The van der Waals surface area contributed by atoms with Gasteiger partial charge in [0.15, 0.2) is 5.79 Å². The molecule has 3 nitrogen and oxygen atoms in total. The Bertz CT molecular complexity index is 626. The summed E-state index contributed by atoms with van der Waals surface area (Å²) in [6, 6.07) is 16.6. The van der Waals surface area contributed by atoms with Gasteiger partial charge in [0.2, 0.25) is 0 Å². The first-order valence-electron chi connectivity index (χ1n) is 7.37. The quantitative estimate of drug-likeness (QED) is 0.845. The van der Waals surface area contributed by atoms with Crippen LogP contribution in [0.1, 0.15) is 40.7 Å². The molecule has 21 heavy (non-hydrogen) atoms. The Kier molecular flexibility index (Phi) is 2.89. The highest BCUT2D eigenvalue weighted by Gasteiger charge is 2.48. The van der Waals surface area contributed by atoms with Crippen molar-refractivity contribution < 1.29 is 14.9 Å². The molecule has 2 aromatic rings. The highest BCUT2D eigenvalue weighted by molar-refractivity contribution is 5.45. The van der Waals surface area contributed by atoms with E-state index >= 15 is 0 Å². The first-order valence-corrected chi connectivity index (χ1v) is 7.37. The molecule has 2 aromatic carbocycles. The van der Waals surface area contributed by atoms with Gasteiger partial charge >= 0.3 is 0 Å². The van der Waals surface area contributed by atoms with Crippen LogP contribution in [0.5, 0.6) is 0 Å². The minimum absolute atomic E-state index is 0.0852. The number of benzene rings is 2. The van der Waals surface area contributed by atoms with Crippen molar-refractivity contribution in [3.63, 3.8) is 0 Å². The van der Waals surface area contributed by atoms with Gasteiger partial charge in [-0.15, -0.1) is 0 Å². The Morgan fingerprint density at radius 2 is 1.62 bits per heavy atom. The van der Waals surface area contributed by atoms with Crippen molar-refractivity contribution in [2.45, 2.75) is 30.7 Å². The third kappa shape index (κ3) is 2.01. The summed E-state index contributed by atoms with van der Waals surface area (Å²) in [5, 5.41) is 19.9. The van der Waals surface area contributed by atoms with E-state index in [0.717, 1.165) is 12.0 Å². The van der Waals surface area contributed by atoms with E-state index in [1.54, 1.807) is 0 Å². The summed E-state index contributed by atoms with van der Waals surface area (Å²) in [6.45, 7) is -0.371. The Balaban J connectivity index is 1.91. The number of ether oxygens (including phenoxy) is 1. The maximum atomic E-state index is 10.4. The largest absolute Gasteiger partial charge is 0.391 e. The van der Waals surface area contributed by atoms with E-state index in [0.29, 0.717) is 6.42 Å². The van der Waals surface area contributed by atoms with Gasteiger partial charge in [-0.05, 0) is 28.7 Å². The van der Waals surface area contributed by atoms with Gasteiger partial charge in [0.1, 0.15) is 0 Å². The van der Waals surface area contributed by atoms with Gasteiger partial charge in [0.05, 0.1) is 12.7 Å². The van der Waals surface area contributed by atoms with E-state index in [1.165, 1.54) is 16.7 Å². The van der Waals surface area contributed by atoms with Crippen molar-refractivity contribution in [1.82, 2.24) is 0 Å². The number of hydrogen-bond acceptors (Lipinski definition) is 3. The molecule has 2 N–H and O–H groups in total. The van der Waals surface area contributed by atoms with Gasteiger partial charge in [0.25, 0.3) is 0 Å². The van der Waals surface area contributed by atoms with Gasteiger partial charge in [-0.1, -0.05) is 48.5 Å². The second kappa shape index (κ2) is 4.67. The molecule has 0 amide bonds. The van der Waals surface area contributed by atoms with Crippen LogP contribution < -0.4 is 0 Å². The second-order valence-corrected chi connectivity index (χ2v) is 6.03. The van der Waals surface area contributed by atoms with Gasteiger partial charge in [-0.2, -0.15) is 0 Å².